The molecule has 0 spiro atoms. The predicted octanol–water partition coefficient (Wildman–Crippen LogP) is 2.86. The van der Waals surface area contributed by atoms with Gasteiger partial charge >= 0.3 is 5.97 Å². The molecule has 0 aliphatic rings. The van der Waals surface area contributed by atoms with Crippen LogP contribution in [0.3, 0.4) is 0 Å². The van der Waals surface area contributed by atoms with Gasteiger partial charge in [0.25, 0.3) is 0 Å². The fourth-order valence-corrected chi connectivity index (χ4v) is 2.82. The molecular weight excluding hydrogens is 376 g/mol. The number of rotatable bonds is 6. The Labute approximate surface area is 141 Å². The number of benzene rings is 1. The fraction of sp³-hybridized carbons (Fsp3) is 0.308. The highest BCUT2D eigenvalue weighted by atomic mass is 79.9. The van der Waals surface area contributed by atoms with Gasteiger partial charge in [-0.2, -0.15) is 0 Å². The Morgan fingerprint density at radius 3 is 2.52 bits per heavy atom. The summed E-state index contributed by atoms with van der Waals surface area (Å²) in [5.74, 6) is -0.903. The molecule has 0 aliphatic heterocycles. The molecule has 0 saturated heterocycles. The van der Waals surface area contributed by atoms with Crippen molar-refractivity contribution < 1.29 is 14.7 Å². The second kappa shape index (κ2) is 9.01. The summed E-state index contributed by atoms with van der Waals surface area (Å²) in [6, 6.07) is 6.67. The molecule has 114 valence electrons. The number of carbonyl (C=O) groups is 2. The molecule has 1 unspecified atom stereocenters. The molecule has 8 heteroatoms. The summed E-state index contributed by atoms with van der Waals surface area (Å²) in [5.41, 5.74) is 0.868. The van der Waals surface area contributed by atoms with Crippen molar-refractivity contribution in [3.05, 3.63) is 28.7 Å². The number of hydrogen-bond donors (Lipinski definition) is 3. The molecule has 1 rings (SSSR count). The van der Waals surface area contributed by atoms with E-state index < -0.39 is 12.0 Å². The van der Waals surface area contributed by atoms with Crippen LogP contribution in [-0.2, 0) is 9.59 Å². The van der Waals surface area contributed by atoms with E-state index in [1.54, 1.807) is 0 Å². The Morgan fingerprint density at radius 2 is 2.00 bits per heavy atom. The topological polar surface area (TPSA) is 78.4 Å². The van der Waals surface area contributed by atoms with Crippen molar-refractivity contribution in [3.63, 3.8) is 0 Å². The zero-order chi connectivity index (χ0) is 15.8. The number of amides is 1. The van der Waals surface area contributed by atoms with Crippen LogP contribution in [0.2, 0.25) is 0 Å². The number of thiocarbonyl (C=S) groups is 1. The van der Waals surface area contributed by atoms with Gasteiger partial charge < -0.3 is 15.7 Å². The van der Waals surface area contributed by atoms with E-state index >= 15 is 0 Å². The maximum atomic E-state index is 11.0. The van der Waals surface area contributed by atoms with Crippen LogP contribution in [-0.4, -0.2) is 33.1 Å². The van der Waals surface area contributed by atoms with Crippen LogP contribution in [0.4, 0.5) is 5.69 Å². The summed E-state index contributed by atoms with van der Waals surface area (Å²) in [5, 5.41) is 14.4. The Hall–Kier alpha value is -1.12. The number of carbonyl (C=O) groups excluding carboxylic acids is 1. The van der Waals surface area contributed by atoms with Crippen molar-refractivity contribution in [2.24, 2.45) is 0 Å². The minimum absolute atomic E-state index is 0.307. The van der Waals surface area contributed by atoms with Crippen molar-refractivity contribution in [3.8, 4) is 0 Å². The van der Waals surface area contributed by atoms with Gasteiger partial charge in [0.15, 0.2) is 0 Å². The lowest BCUT2D eigenvalue weighted by Crippen LogP contribution is -2.40. The van der Waals surface area contributed by atoms with Crippen LogP contribution in [0.5, 0.6) is 0 Å². The molecule has 3 N–H and O–H groups in total. The van der Waals surface area contributed by atoms with Crippen LogP contribution < -0.4 is 10.6 Å². The number of halogens is 1. The third-order valence-electron chi connectivity index (χ3n) is 2.41. The van der Waals surface area contributed by atoms with Crippen LogP contribution >= 0.6 is 39.9 Å². The smallest absolute Gasteiger partial charge is 0.326 e. The number of hydrogen-bond acceptors (Lipinski definition) is 4. The van der Waals surface area contributed by atoms with Crippen LogP contribution in [0.1, 0.15) is 13.3 Å². The summed E-state index contributed by atoms with van der Waals surface area (Å²) in [4.78, 5) is 21.9. The number of carboxylic acid groups (broad SMARTS) is 1. The minimum atomic E-state index is -1.04. The SMILES string of the molecule is CC(=O)NC(CCSC(=S)Nc1ccc(Br)cc1)C(=O)O. The van der Waals surface area contributed by atoms with Crippen LogP contribution in [0.15, 0.2) is 28.7 Å². The number of aliphatic carboxylic acids is 1. The highest BCUT2D eigenvalue weighted by molar-refractivity contribution is 9.10. The van der Waals surface area contributed by atoms with Gasteiger partial charge in [0.05, 0.1) is 0 Å². The van der Waals surface area contributed by atoms with E-state index in [2.05, 4.69) is 26.6 Å². The molecule has 1 aromatic rings. The minimum Gasteiger partial charge on any atom is -0.480 e. The quantitative estimate of drug-likeness (QED) is 0.648. The molecule has 21 heavy (non-hydrogen) atoms. The zero-order valence-electron chi connectivity index (χ0n) is 11.3. The lowest BCUT2D eigenvalue weighted by molar-refractivity contribution is -0.141. The lowest BCUT2D eigenvalue weighted by atomic mass is 10.2. The van der Waals surface area contributed by atoms with Gasteiger partial charge in [0.1, 0.15) is 10.4 Å². The first kappa shape index (κ1) is 17.9. The molecule has 0 aromatic heterocycles. The lowest BCUT2D eigenvalue weighted by Gasteiger charge is -2.13. The van der Waals surface area contributed by atoms with E-state index in [-0.39, 0.29) is 5.91 Å². The van der Waals surface area contributed by atoms with Crippen molar-refractivity contribution >= 4 is 61.8 Å². The van der Waals surface area contributed by atoms with Gasteiger partial charge in [-0.15, -0.1) is 0 Å². The van der Waals surface area contributed by atoms with Gasteiger partial charge in [-0.1, -0.05) is 39.9 Å². The van der Waals surface area contributed by atoms with Gasteiger partial charge in [-0.05, 0) is 30.7 Å². The summed E-state index contributed by atoms with van der Waals surface area (Å²) in [7, 11) is 0. The first-order chi connectivity index (χ1) is 9.88. The largest absolute Gasteiger partial charge is 0.480 e. The molecule has 1 atom stereocenters. The van der Waals surface area contributed by atoms with E-state index in [1.165, 1.54) is 18.7 Å². The highest BCUT2D eigenvalue weighted by Crippen LogP contribution is 2.17. The van der Waals surface area contributed by atoms with E-state index in [9.17, 15) is 9.59 Å². The summed E-state index contributed by atoms with van der Waals surface area (Å²) >= 11 is 9.87. The van der Waals surface area contributed by atoms with Gasteiger partial charge in [-0.3, -0.25) is 4.79 Å². The number of anilines is 1. The molecule has 0 radical (unpaired) electrons. The highest BCUT2D eigenvalue weighted by Gasteiger charge is 2.17. The van der Waals surface area contributed by atoms with Crippen molar-refractivity contribution in [2.45, 2.75) is 19.4 Å². The monoisotopic (exact) mass is 390 g/mol. The molecule has 0 aliphatic carbocycles. The third kappa shape index (κ3) is 7.45. The molecule has 0 heterocycles. The van der Waals surface area contributed by atoms with Gasteiger partial charge in [-0.25, -0.2) is 4.79 Å². The number of nitrogens with one attached hydrogen (secondary N) is 2. The van der Waals surface area contributed by atoms with E-state index in [0.29, 0.717) is 16.5 Å². The van der Waals surface area contributed by atoms with Gasteiger partial charge in [0, 0.05) is 22.8 Å². The molecule has 0 bridgehead atoms. The van der Waals surface area contributed by atoms with Crippen LogP contribution in [0.25, 0.3) is 0 Å². The molecule has 1 aromatic carbocycles. The average Bonchev–Trinajstić information content (AvgIpc) is 2.39. The van der Waals surface area contributed by atoms with Crippen molar-refractivity contribution in [1.29, 1.82) is 0 Å². The fourth-order valence-electron chi connectivity index (χ4n) is 1.46. The summed E-state index contributed by atoms with van der Waals surface area (Å²) < 4.78 is 1.54. The molecule has 0 saturated carbocycles. The van der Waals surface area contributed by atoms with Crippen molar-refractivity contribution in [2.75, 3.05) is 11.1 Å². The Bertz CT molecular complexity index is 523. The Morgan fingerprint density at radius 1 is 1.38 bits per heavy atom. The third-order valence-corrected chi connectivity index (χ3v) is 4.19. The second-order valence-corrected chi connectivity index (χ2v) is 6.84. The maximum absolute atomic E-state index is 11.0. The van der Waals surface area contributed by atoms with Crippen LogP contribution in [0, 0.1) is 0 Å². The maximum Gasteiger partial charge on any atom is 0.326 e. The average molecular weight is 391 g/mol. The first-order valence-corrected chi connectivity index (χ1v) is 8.26. The Balaban J connectivity index is 2.36. The predicted molar refractivity (Wildman–Crippen MR) is 92.7 cm³/mol. The van der Waals surface area contributed by atoms with E-state index in [4.69, 9.17) is 17.3 Å². The Kier molecular flexibility index (Phi) is 7.69. The normalized spacial score (nSPS) is 11.5. The summed E-state index contributed by atoms with van der Waals surface area (Å²) in [6.45, 7) is 1.29. The summed E-state index contributed by atoms with van der Waals surface area (Å²) in [6.07, 6.45) is 0.307. The van der Waals surface area contributed by atoms with E-state index in [1.807, 2.05) is 24.3 Å². The number of carboxylic acids is 1. The van der Waals surface area contributed by atoms with Gasteiger partial charge in [0.2, 0.25) is 5.91 Å². The standard InChI is InChI=1S/C13H15BrN2O3S2/c1-8(17)15-11(12(18)19)6-7-21-13(20)16-10-4-2-9(14)3-5-10/h2-5,11H,6-7H2,1H3,(H,15,17)(H,16,20)(H,18,19). The second-order valence-electron chi connectivity index (χ2n) is 4.15. The zero-order valence-corrected chi connectivity index (χ0v) is 14.5. The first-order valence-electron chi connectivity index (χ1n) is 6.07. The van der Waals surface area contributed by atoms with E-state index in [0.717, 1.165) is 10.2 Å². The molecule has 5 nitrogen and oxygen atoms in total. The van der Waals surface area contributed by atoms with Crippen molar-refractivity contribution in [1.82, 2.24) is 5.32 Å². The molecular formula is C13H15BrN2O3S2. The molecule has 0 fully saturated rings. The molecule has 1 amide bonds. The number of thioether (sulfide) groups is 1.